The first-order valence-corrected chi connectivity index (χ1v) is 8.40. The number of nitrogens with zero attached hydrogens (tertiary/aromatic N) is 2. The molecule has 1 aromatic heterocycles. The maximum absolute atomic E-state index is 12.3. The van der Waals surface area contributed by atoms with E-state index in [0.717, 1.165) is 12.8 Å². The Balaban J connectivity index is 2.86. The van der Waals surface area contributed by atoms with Gasteiger partial charge in [-0.1, -0.05) is 26.7 Å². The highest BCUT2D eigenvalue weighted by atomic mass is 32.2. The fourth-order valence-electron chi connectivity index (χ4n) is 2.41. The van der Waals surface area contributed by atoms with Crippen molar-refractivity contribution in [1.29, 1.82) is 0 Å². The Morgan fingerprint density at radius 1 is 1.30 bits per heavy atom. The number of rotatable bonds is 7. The molecule has 0 spiro atoms. The summed E-state index contributed by atoms with van der Waals surface area (Å²) >= 11 is 0. The molecule has 1 heterocycles. The molecule has 0 saturated carbocycles. The van der Waals surface area contributed by atoms with Crippen LogP contribution in [0.2, 0.25) is 0 Å². The van der Waals surface area contributed by atoms with E-state index in [1.807, 2.05) is 13.8 Å². The minimum Gasteiger partial charge on any atom is -0.391 e. The van der Waals surface area contributed by atoms with Crippen LogP contribution in [0, 0.1) is 19.8 Å². The Bertz CT molecular complexity index is 547. The van der Waals surface area contributed by atoms with E-state index in [1.165, 1.54) is 0 Å². The van der Waals surface area contributed by atoms with Gasteiger partial charge >= 0.3 is 0 Å². The first-order valence-electron chi connectivity index (χ1n) is 6.92. The van der Waals surface area contributed by atoms with Crippen LogP contribution in [0.25, 0.3) is 0 Å². The molecule has 0 radical (unpaired) electrons. The average Bonchev–Trinajstić information content (AvgIpc) is 2.63. The van der Waals surface area contributed by atoms with Gasteiger partial charge in [0.1, 0.15) is 4.90 Å². The van der Waals surface area contributed by atoms with E-state index < -0.39 is 16.1 Å². The zero-order valence-electron chi connectivity index (χ0n) is 12.8. The molecule has 116 valence electrons. The molecule has 2 N–H and O–H groups in total. The van der Waals surface area contributed by atoms with Crippen LogP contribution in [-0.2, 0) is 17.1 Å². The highest BCUT2D eigenvalue weighted by Gasteiger charge is 2.25. The zero-order chi connectivity index (χ0) is 15.5. The highest BCUT2D eigenvalue weighted by molar-refractivity contribution is 7.89. The third-order valence-corrected chi connectivity index (χ3v) is 5.46. The van der Waals surface area contributed by atoms with Crippen molar-refractivity contribution >= 4 is 10.0 Å². The first-order chi connectivity index (χ1) is 9.24. The van der Waals surface area contributed by atoms with Crippen molar-refractivity contribution < 1.29 is 13.5 Å². The van der Waals surface area contributed by atoms with Crippen molar-refractivity contribution in [2.75, 3.05) is 6.54 Å². The van der Waals surface area contributed by atoms with Gasteiger partial charge < -0.3 is 5.11 Å². The molecule has 0 fully saturated rings. The number of hydrogen-bond donors (Lipinski definition) is 2. The van der Waals surface area contributed by atoms with Crippen LogP contribution in [0.3, 0.4) is 0 Å². The van der Waals surface area contributed by atoms with E-state index in [0.29, 0.717) is 11.4 Å². The van der Waals surface area contributed by atoms with Gasteiger partial charge in [-0.05, 0) is 19.8 Å². The van der Waals surface area contributed by atoms with Gasteiger partial charge in [-0.3, -0.25) is 4.68 Å². The first kappa shape index (κ1) is 17.1. The molecule has 0 saturated heterocycles. The number of aliphatic hydroxyl groups is 1. The molecule has 0 aliphatic rings. The van der Waals surface area contributed by atoms with Gasteiger partial charge in [-0.25, -0.2) is 13.1 Å². The van der Waals surface area contributed by atoms with Crippen molar-refractivity contribution in [1.82, 2.24) is 14.5 Å². The van der Waals surface area contributed by atoms with Crippen molar-refractivity contribution in [2.24, 2.45) is 13.0 Å². The summed E-state index contributed by atoms with van der Waals surface area (Å²) < 4.78 is 28.7. The quantitative estimate of drug-likeness (QED) is 0.790. The summed E-state index contributed by atoms with van der Waals surface area (Å²) in [4.78, 5) is 0.205. The number of nitrogens with one attached hydrogen (secondary N) is 1. The maximum Gasteiger partial charge on any atom is 0.244 e. The van der Waals surface area contributed by atoms with Crippen LogP contribution in [0.1, 0.15) is 38.1 Å². The molecule has 0 bridgehead atoms. The SMILES string of the molecule is CCC(CC)[C@@H](O)CNS(=O)(=O)c1c(C)nn(C)c1C. The second-order valence-electron chi connectivity index (χ2n) is 5.12. The lowest BCUT2D eigenvalue weighted by atomic mass is 9.97. The molecule has 1 atom stereocenters. The summed E-state index contributed by atoms with van der Waals surface area (Å²) in [5.74, 6) is 0.105. The second-order valence-corrected chi connectivity index (χ2v) is 6.82. The van der Waals surface area contributed by atoms with Gasteiger partial charge in [0, 0.05) is 13.6 Å². The Labute approximate surface area is 121 Å². The van der Waals surface area contributed by atoms with Gasteiger partial charge in [-0.15, -0.1) is 0 Å². The summed E-state index contributed by atoms with van der Waals surface area (Å²) in [7, 11) is -1.93. The van der Waals surface area contributed by atoms with Crippen LogP contribution in [0.4, 0.5) is 0 Å². The number of aliphatic hydroxyl groups excluding tert-OH is 1. The molecule has 6 nitrogen and oxygen atoms in total. The van der Waals surface area contributed by atoms with Gasteiger partial charge in [-0.2, -0.15) is 5.10 Å². The van der Waals surface area contributed by atoms with Crippen molar-refractivity contribution in [3.8, 4) is 0 Å². The summed E-state index contributed by atoms with van der Waals surface area (Å²) in [6.45, 7) is 7.38. The molecule has 1 rings (SSSR count). The molecule has 0 unspecified atom stereocenters. The number of aromatic nitrogens is 2. The van der Waals surface area contributed by atoms with Crippen molar-refractivity contribution in [3.05, 3.63) is 11.4 Å². The summed E-state index contributed by atoms with van der Waals surface area (Å²) in [5, 5.41) is 14.1. The Hall–Kier alpha value is -0.920. The third kappa shape index (κ3) is 3.59. The summed E-state index contributed by atoms with van der Waals surface area (Å²) in [6, 6.07) is 0. The lowest BCUT2D eigenvalue weighted by Gasteiger charge is -2.20. The van der Waals surface area contributed by atoms with Crippen LogP contribution in [0.5, 0.6) is 0 Å². The van der Waals surface area contributed by atoms with Gasteiger partial charge in [0.15, 0.2) is 0 Å². The number of sulfonamides is 1. The highest BCUT2D eigenvalue weighted by Crippen LogP contribution is 2.19. The fourth-order valence-corrected chi connectivity index (χ4v) is 3.90. The van der Waals surface area contributed by atoms with E-state index in [1.54, 1.807) is 25.6 Å². The van der Waals surface area contributed by atoms with E-state index in [2.05, 4.69) is 9.82 Å². The third-order valence-electron chi connectivity index (χ3n) is 3.79. The molecule has 1 aromatic rings. The number of aryl methyl sites for hydroxylation is 2. The summed E-state index contributed by atoms with van der Waals surface area (Å²) in [5.41, 5.74) is 1.06. The predicted molar refractivity (Wildman–Crippen MR) is 77.9 cm³/mol. The molecular weight excluding hydrogens is 278 g/mol. The zero-order valence-corrected chi connectivity index (χ0v) is 13.7. The Morgan fingerprint density at radius 3 is 2.25 bits per heavy atom. The molecule has 20 heavy (non-hydrogen) atoms. The molecule has 7 heteroatoms. The van der Waals surface area contributed by atoms with Crippen LogP contribution in [0.15, 0.2) is 4.90 Å². The molecule has 0 aliphatic heterocycles. The van der Waals surface area contributed by atoms with E-state index >= 15 is 0 Å². The molecule has 0 aromatic carbocycles. The lowest BCUT2D eigenvalue weighted by molar-refractivity contribution is 0.107. The molecule has 0 aliphatic carbocycles. The monoisotopic (exact) mass is 303 g/mol. The smallest absolute Gasteiger partial charge is 0.244 e. The van der Waals surface area contributed by atoms with Crippen LogP contribution < -0.4 is 4.72 Å². The average molecular weight is 303 g/mol. The maximum atomic E-state index is 12.3. The second kappa shape index (κ2) is 6.69. The van der Waals surface area contributed by atoms with Gasteiger partial charge in [0.2, 0.25) is 10.0 Å². The van der Waals surface area contributed by atoms with Crippen LogP contribution >= 0.6 is 0 Å². The topological polar surface area (TPSA) is 84.2 Å². The van der Waals surface area contributed by atoms with Gasteiger partial charge in [0.05, 0.1) is 17.5 Å². The minimum absolute atomic E-state index is 0.0302. The fraction of sp³-hybridized carbons (Fsp3) is 0.769. The molecular formula is C13H25N3O3S. The Morgan fingerprint density at radius 2 is 1.85 bits per heavy atom. The summed E-state index contributed by atoms with van der Waals surface area (Å²) in [6.07, 6.45) is 0.978. The number of hydrogen-bond acceptors (Lipinski definition) is 4. The normalized spacial score (nSPS) is 13.9. The van der Waals surface area contributed by atoms with Crippen molar-refractivity contribution in [2.45, 2.75) is 51.5 Å². The van der Waals surface area contributed by atoms with Gasteiger partial charge in [0.25, 0.3) is 0 Å². The Kier molecular flexibility index (Phi) is 5.73. The predicted octanol–water partition coefficient (Wildman–Crippen LogP) is 1.11. The minimum atomic E-state index is -3.64. The molecule has 0 amide bonds. The van der Waals surface area contributed by atoms with E-state index in [9.17, 15) is 13.5 Å². The van der Waals surface area contributed by atoms with E-state index in [-0.39, 0.29) is 17.4 Å². The van der Waals surface area contributed by atoms with Crippen molar-refractivity contribution in [3.63, 3.8) is 0 Å². The lowest BCUT2D eigenvalue weighted by Crippen LogP contribution is -2.36. The van der Waals surface area contributed by atoms with Crippen LogP contribution in [-0.4, -0.2) is 36.0 Å². The largest absolute Gasteiger partial charge is 0.391 e. The van der Waals surface area contributed by atoms with E-state index in [4.69, 9.17) is 0 Å². The standard InChI is InChI=1S/C13H25N3O3S/c1-6-11(7-2)12(17)8-14-20(18,19)13-9(3)15-16(5)10(13)4/h11-12,14,17H,6-8H2,1-5H3/t12-/m0/s1.